The summed E-state index contributed by atoms with van der Waals surface area (Å²) in [7, 11) is 0. The topological polar surface area (TPSA) is 61.4 Å². The van der Waals surface area contributed by atoms with Crippen molar-refractivity contribution in [3.05, 3.63) is 29.8 Å². The molecule has 0 aliphatic carbocycles. The molecule has 2 N–H and O–H groups in total. The Balaban J connectivity index is 2.48. The Morgan fingerprint density at radius 3 is 2.14 bits per heavy atom. The van der Waals surface area contributed by atoms with Crippen molar-refractivity contribution in [2.45, 2.75) is 27.2 Å². The van der Waals surface area contributed by atoms with Gasteiger partial charge in [0.15, 0.2) is 0 Å². The summed E-state index contributed by atoms with van der Waals surface area (Å²) in [5, 5.41) is 5.58. The number of aryl methyl sites for hydroxylation is 1. The van der Waals surface area contributed by atoms with Gasteiger partial charge in [-0.15, -0.1) is 0 Å². The summed E-state index contributed by atoms with van der Waals surface area (Å²) >= 11 is 0. The van der Waals surface area contributed by atoms with Crippen LogP contribution in [0.4, 0.5) is 5.69 Å². The first-order valence-electron chi connectivity index (χ1n) is 7.46. The predicted molar refractivity (Wildman–Crippen MR) is 85.2 cm³/mol. The first kappa shape index (κ1) is 17.2. The zero-order valence-corrected chi connectivity index (χ0v) is 13.1. The van der Waals surface area contributed by atoms with Crippen molar-refractivity contribution in [1.29, 1.82) is 0 Å². The number of carbonyl (C=O) groups is 2. The second-order valence-electron chi connectivity index (χ2n) is 4.86. The van der Waals surface area contributed by atoms with Crippen LogP contribution in [0.3, 0.4) is 0 Å². The highest BCUT2D eigenvalue weighted by Gasteiger charge is 2.12. The number of carbonyl (C=O) groups excluding carboxylic acids is 2. The number of likely N-dealkylation sites (N-methyl/N-ethyl adjacent to an activating group) is 2. The van der Waals surface area contributed by atoms with E-state index < -0.39 is 0 Å². The third-order valence-electron chi connectivity index (χ3n) is 3.20. The Kier molecular flexibility index (Phi) is 7.46. The van der Waals surface area contributed by atoms with Gasteiger partial charge in [0.2, 0.25) is 11.8 Å². The van der Waals surface area contributed by atoms with Crippen LogP contribution in [0.25, 0.3) is 0 Å². The Bertz CT molecular complexity index is 457. The minimum Gasteiger partial charge on any atom is -0.355 e. The molecule has 0 saturated carbocycles. The van der Waals surface area contributed by atoms with Crippen molar-refractivity contribution in [3.8, 4) is 0 Å². The average Bonchev–Trinajstić information content (AvgIpc) is 2.47. The van der Waals surface area contributed by atoms with Crippen LogP contribution in [-0.4, -0.2) is 42.9 Å². The molecular formula is C16H25N3O2. The summed E-state index contributed by atoms with van der Waals surface area (Å²) in [6.45, 7) is 7.61. The van der Waals surface area contributed by atoms with Gasteiger partial charge in [0.05, 0.1) is 13.1 Å². The number of rotatable bonds is 8. The minimum absolute atomic E-state index is 0.0561. The summed E-state index contributed by atoms with van der Waals surface area (Å²) in [4.78, 5) is 25.3. The molecule has 1 aromatic rings. The van der Waals surface area contributed by atoms with E-state index in [1.165, 1.54) is 5.56 Å². The zero-order valence-electron chi connectivity index (χ0n) is 13.1. The fourth-order valence-corrected chi connectivity index (χ4v) is 1.96. The maximum absolute atomic E-state index is 12.0. The van der Waals surface area contributed by atoms with Gasteiger partial charge in [-0.05, 0) is 37.6 Å². The summed E-state index contributed by atoms with van der Waals surface area (Å²) in [6, 6.07) is 7.80. The van der Waals surface area contributed by atoms with Gasteiger partial charge in [0.25, 0.3) is 0 Å². The number of benzene rings is 1. The van der Waals surface area contributed by atoms with E-state index in [1.807, 2.05) is 38.1 Å². The molecule has 0 aromatic heterocycles. The highest BCUT2D eigenvalue weighted by Crippen LogP contribution is 2.09. The lowest BCUT2D eigenvalue weighted by Gasteiger charge is -2.19. The summed E-state index contributed by atoms with van der Waals surface area (Å²) in [5.74, 6) is -0.162. The lowest BCUT2D eigenvalue weighted by Crippen LogP contribution is -2.41. The SMILES string of the molecule is CCNC(=O)CN(CC)CC(=O)Nc1ccc(CC)cc1. The van der Waals surface area contributed by atoms with Gasteiger partial charge >= 0.3 is 0 Å². The van der Waals surface area contributed by atoms with E-state index in [2.05, 4.69) is 17.6 Å². The van der Waals surface area contributed by atoms with Crippen LogP contribution < -0.4 is 10.6 Å². The zero-order chi connectivity index (χ0) is 15.7. The second-order valence-corrected chi connectivity index (χ2v) is 4.86. The lowest BCUT2D eigenvalue weighted by molar-refractivity contribution is -0.123. The standard InChI is InChI=1S/C16H25N3O2/c1-4-13-7-9-14(10-8-13)18-16(21)12-19(6-3)11-15(20)17-5-2/h7-10H,4-6,11-12H2,1-3H3,(H,17,20)(H,18,21). The van der Waals surface area contributed by atoms with Crippen LogP contribution in [0.5, 0.6) is 0 Å². The third kappa shape index (κ3) is 6.40. The van der Waals surface area contributed by atoms with Gasteiger partial charge in [0, 0.05) is 12.2 Å². The number of nitrogens with one attached hydrogen (secondary N) is 2. The molecule has 0 saturated heterocycles. The van der Waals surface area contributed by atoms with Gasteiger partial charge in [-0.1, -0.05) is 26.0 Å². The molecule has 116 valence electrons. The Morgan fingerprint density at radius 2 is 1.62 bits per heavy atom. The molecule has 0 radical (unpaired) electrons. The molecule has 0 spiro atoms. The Hall–Kier alpha value is -1.88. The van der Waals surface area contributed by atoms with E-state index >= 15 is 0 Å². The van der Waals surface area contributed by atoms with Crippen LogP contribution in [0.2, 0.25) is 0 Å². The third-order valence-corrected chi connectivity index (χ3v) is 3.20. The molecule has 0 aliphatic rings. The lowest BCUT2D eigenvalue weighted by atomic mass is 10.1. The van der Waals surface area contributed by atoms with Crippen LogP contribution >= 0.6 is 0 Å². The van der Waals surface area contributed by atoms with E-state index in [9.17, 15) is 9.59 Å². The first-order valence-corrected chi connectivity index (χ1v) is 7.46. The summed E-state index contributed by atoms with van der Waals surface area (Å²) < 4.78 is 0. The van der Waals surface area contributed by atoms with Crippen LogP contribution in [-0.2, 0) is 16.0 Å². The molecule has 0 aliphatic heterocycles. The van der Waals surface area contributed by atoms with Gasteiger partial charge in [-0.2, -0.15) is 0 Å². The minimum atomic E-state index is -0.106. The van der Waals surface area contributed by atoms with Crippen molar-refractivity contribution in [2.24, 2.45) is 0 Å². The van der Waals surface area contributed by atoms with Gasteiger partial charge < -0.3 is 10.6 Å². The van der Waals surface area contributed by atoms with Gasteiger partial charge in [0.1, 0.15) is 0 Å². The number of amides is 2. The molecule has 5 nitrogen and oxygen atoms in total. The van der Waals surface area contributed by atoms with Crippen LogP contribution in [0, 0.1) is 0 Å². The molecule has 1 rings (SSSR count). The molecule has 1 aromatic carbocycles. The van der Waals surface area contributed by atoms with Gasteiger partial charge in [-0.3, -0.25) is 14.5 Å². The molecule has 5 heteroatoms. The quantitative estimate of drug-likeness (QED) is 0.765. The number of hydrogen-bond donors (Lipinski definition) is 2. The number of anilines is 1. The number of hydrogen-bond acceptors (Lipinski definition) is 3. The highest BCUT2D eigenvalue weighted by molar-refractivity contribution is 5.92. The average molecular weight is 291 g/mol. The van der Waals surface area contributed by atoms with E-state index in [1.54, 1.807) is 4.90 Å². The molecule has 0 bridgehead atoms. The summed E-state index contributed by atoms with van der Waals surface area (Å²) in [6.07, 6.45) is 0.977. The van der Waals surface area contributed by atoms with E-state index in [-0.39, 0.29) is 24.9 Å². The molecule has 0 unspecified atom stereocenters. The monoisotopic (exact) mass is 291 g/mol. The van der Waals surface area contributed by atoms with E-state index in [0.29, 0.717) is 13.1 Å². The van der Waals surface area contributed by atoms with E-state index in [4.69, 9.17) is 0 Å². The van der Waals surface area contributed by atoms with Crippen molar-refractivity contribution < 1.29 is 9.59 Å². The van der Waals surface area contributed by atoms with Crippen molar-refractivity contribution in [3.63, 3.8) is 0 Å². The van der Waals surface area contributed by atoms with Crippen molar-refractivity contribution in [1.82, 2.24) is 10.2 Å². The van der Waals surface area contributed by atoms with Crippen LogP contribution in [0.1, 0.15) is 26.3 Å². The second kappa shape index (κ2) is 9.13. The largest absolute Gasteiger partial charge is 0.355 e. The number of nitrogens with zero attached hydrogens (tertiary/aromatic N) is 1. The molecule has 0 heterocycles. The van der Waals surface area contributed by atoms with Gasteiger partial charge in [-0.25, -0.2) is 0 Å². The molecule has 0 fully saturated rings. The van der Waals surface area contributed by atoms with Crippen molar-refractivity contribution in [2.75, 3.05) is 31.5 Å². The normalized spacial score (nSPS) is 10.5. The fraction of sp³-hybridized carbons (Fsp3) is 0.500. The molecule has 2 amide bonds. The maximum atomic E-state index is 12.0. The molecule has 21 heavy (non-hydrogen) atoms. The van der Waals surface area contributed by atoms with E-state index in [0.717, 1.165) is 12.1 Å². The summed E-state index contributed by atoms with van der Waals surface area (Å²) in [5.41, 5.74) is 2.02. The van der Waals surface area contributed by atoms with Crippen LogP contribution in [0.15, 0.2) is 24.3 Å². The fourth-order valence-electron chi connectivity index (χ4n) is 1.96. The predicted octanol–water partition coefficient (Wildman–Crippen LogP) is 1.65. The van der Waals surface area contributed by atoms with Crippen molar-refractivity contribution >= 4 is 17.5 Å². The molecule has 0 atom stereocenters. The maximum Gasteiger partial charge on any atom is 0.238 e. The molecular weight excluding hydrogens is 266 g/mol. The first-order chi connectivity index (χ1) is 10.1. The Labute approximate surface area is 126 Å². The highest BCUT2D eigenvalue weighted by atomic mass is 16.2. The Morgan fingerprint density at radius 1 is 1.00 bits per heavy atom. The smallest absolute Gasteiger partial charge is 0.238 e.